The number of piperazine rings is 1. The molecular weight excluding hydrogens is 208 g/mol. The predicted molar refractivity (Wildman–Crippen MR) is 61.1 cm³/mol. The van der Waals surface area contributed by atoms with E-state index < -0.39 is 6.03 Å². The first-order valence-corrected chi connectivity index (χ1v) is 5.66. The van der Waals surface area contributed by atoms with E-state index in [0.29, 0.717) is 12.6 Å². The van der Waals surface area contributed by atoms with Crippen LogP contribution in [0.2, 0.25) is 0 Å². The number of urea groups is 1. The third kappa shape index (κ3) is 4.16. The SMILES string of the molecule is CCNC(=O)NC(=O)CN1CCNCC1C. The largest absolute Gasteiger partial charge is 0.338 e. The third-order valence-corrected chi connectivity index (χ3v) is 2.58. The van der Waals surface area contributed by atoms with Gasteiger partial charge in [0.2, 0.25) is 5.91 Å². The normalized spacial score (nSPS) is 21.5. The average Bonchev–Trinajstić information content (AvgIpc) is 2.21. The molecule has 1 fully saturated rings. The molecule has 3 N–H and O–H groups in total. The minimum Gasteiger partial charge on any atom is -0.338 e. The van der Waals surface area contributed by atoms with Crippen LogP contribution in [-0.2, 0) is 4.79 Å². The molecule has 6 nitrogen and oxygen atoms in total. The lowest BCUT2D eigenvalue weighted by Crippen LogP contribution is -2.53. The predicted octanol–water partition coefficient (Wildman–Crippen LogP) is -0.874. The highest BCUT2D eigenvalue weighted by atomic mass is 16.2. The topological polar surface area (TPSA) is 73.5 Å². The summed E-state index contributed by atoms with van der Waals surface area (Å²) in [4.78, 5) is 24.7. The molecule has 1 aliphatic heterocycles. The molecule has 0 aromatic heterocycles. The van der Waals surface area contributed by atoms with Crippen LogP contribution in [0, 0.1) is 0 Å². The van der Waals surface area contributed by atoms with Crippen LogP contribution in [0.4, 0.5) is 4.79 Å². The highest BCUT2D eigenvalue weighted by Gasteiger charge is 2.20. The Balaban J connectivity index is 2.30. The summed E-state index contributed by atoms with van der Waals surface area (Å²) in [5, 5.41) is 8.07. The van der Waals surface area contributed by atoms with Crippen LogP contribution >= 0.6 is 0 Å². The molecule has 1 atom stereocenters. The molecule has 0 bridgehead atoms. The summed E-state index contributed by atoms with van der Waals surface area (Å²) in [5.41, 5.74) is 0. The molecule has 1 rings (SSSR count). The highest BCUT2D eigenvalue weighted by Crippen LogP contribution is 2.00. The molecule has 0 radical (unpaired) electrons. The van der Waals surface area contributed by atoms with Crippen molar-refractivity contribution >= 4 is 11.9 Å². The second-order valence-electron chi connectivity index (χ2n) is 3.93. The highest BCUT2D eigenvalue weighted by molar-refractivity contribution is 5.95. The Morgan fingerprint density at radius 1 is 1.50 bits per heavy atom. The first-order chi connectivity index (χ1) is 7.63. The molecule has 6 heteroatoms. The number of nitrogens with one attached hydrogen (secondary N) is 3. The van der Waals surface area contributed by atoms with Gasteiger partial charge in [-0.2, -0.15) is 0 Å². The van der Waals surface area contributed by atoms with Gasteiger partial charge in [-0.05, 0) is 13.8 Å². The Labute approximate surface area is 95.8 Å². The van der Waals surface area contributed by atoms with Crippen molar-refractivity contribution in [3.05, 3.63) is 0 Å². The molecule has 0 aliphatic carbocycles. The van der Waals surface area contributed by atoms with Gasteiger partial charge in [-0.25, -0.2) is 4.79 Å². The summed E-state index contributed by atoms with van der Waals surface area (Å²) in [6.07, 6.45) is 0. The minimum atomic E-state index is -0.421. The zero-order chi connectivity index (χ0) is 12.0. The van der Waals surface area contributed by atoms with Crippen LogP contribution in [0.3, 0.4) is 0 Å². The minimum absolute atomic E-state index is 0.250. The van der Waals surface area contributed by atoms with E-state index >= 15 is 0 Å². The first-order valence-electron chi connectivity index (χ1n) is 5.66. The summed E-state index contributed by atoms with van der Waals surface area (Å²) < 4.78 is 0. The summed E-state index contributed by atoms with van der Waals surface area (Å²) >= 11 is 0. The molecular formula is C10H20N4O2. The lowest BCUT2D eigenvalue weighted by Gasteiger charge is -2.33. The quantitative estimate of drug-likeness (QED) is 0.587. The van der Waals surface area contributed by atoms with Crippen molar-refractivity contribution in [1.29, 1.82) is 0 Å². The van der Waals surface area contributed by atoms with Gasteiger partial charge in [0.1, 0.15) is 0 Å². The molecule has 1 heterocycles. The van der Waals surface area contributed by atoms with E-state index in [-0.39, 0.29) is 12.5 Å². The fourth-order valence-electron chi connectivity index (χ4n) is 1.67. The van der Waals surface area contributed by atoms with Crippen molar-refractivity contribution < 1.29 is 9.59 Å². The number of imide groups is 1. The van der Waals surface area contributed by atoms with E-state index in [0.717, 1.165) is 19.6 Å². The Morgan fingerprint density at radius 2 is 2.25 bits per heavy atom. The molecule has 0 saturated carbocycles. The fourth-order valence-corrected chi connectivity index (χ4v) is 1.67. The van der Waals surface area contributed by atoms with Crippen molar-refractivity contribution in [3.8, 4) is 0 Å². The molecule has 0 spiro atoms. The Morgan fingerprint density at radius 3 is 2.88 bits per heavy atom. The smallest absolute Gasteiger partial charge is 0.321 e. The number of carbonyl (C=O) groups is 2. The van der Waals surface area contributed by atoms with Gasteiger partial charge >= 0.3 is 6.03 Å². The van der Waals surface area contributed by atoms with Crippen LogP contribution in [-0.4, -0.2) is 55.6 Å². The van der Waals surface area contributed by atoms with E-state index in [2.05, 4.69) is 27.8 Å². The van der Waals surface area contributed by atoms with Crippen molar-refractivity contribution in [2.75, 3.05) is 32.7 Å². The van der Waals surface area contributed by atoms with Gasteiger partial charge in [0, 0.05) is 32.2 Å². The van der Waals surface area contributed by atoms with E-state index in [4.69, 9.17) is 0 Å². The molecule has 3 amide bonds. The van der Waals surface area contributed by atoms with Gasteiger partial charge in [0.05, 0.1) is 6.54 Å². The van der Waals surface area contributed by atoms with Crippen LogP contribution in [0.15, 0.2) is 0 Å². The second-order valence-corrected chi connectivity index (χ2v) is 3.93. The van der Waals surface area contributed by atoms with Gasteiger partial charge in [-0.3, -0.25) is 15.0 Å². The number of amides is 3. The zero-order valence-electron chi connectivity index (χ0n) is 9.88. The third-order valence-electron chi connectivity index (χ3n) is 2.58. The summed E-state index contributed by atoms with van der Waals surface area (Å²) in [6.45, 7) is 7.27. The summed E-state index contributed by atoms with van der Waals surface area (Å²) in [6, 6.07) is -0.0935. The maximum atomic E-state index is 11.5. The molecule has 1 saturated heterocycles. The number of carbonyl (C=O) groups excluding carboxylic acids is 2. The Kier molecular flexibility index (Phi) is 5.21. The van der Waals surface area contributed by atoms with E-state index in [1.807, 2.05) is 6.92 Å². The van der Waals surface area contributed by atoms with Gasteiger partial charge in [-0.1, -0.05) is 0 Å². The van der Waals surface area contributed by atoms with Crippen LogP contribution in [0.5, 0.6) is 0 Å². The maximum Gasteiger partial charge on any atom is 0.321 e. The monoisotopic (exact) mass is 228 g/mol. The molecule has 16 heavy (non-hydrogen) atoms. The van der Waals surface area contributed by atoms with Crippen molar-refractivity contribution in [2.45, 2.75) is 19.9 Å². The number of nitrogens with zero attached hydrogens (tertiary/aromatic N) is 1. The maximum absolute atomic E-state index is 11.5. The fraction of sp³-hybridized carbons (Fsp3) is 0.800. The van der Waals surface area contributed by atoms with E-state index in [1.165, 1.54) is 0 Å². The van der Waals surface area contributed by atoms with Crippen molar-refractivity contribution in [1.82, 2.24) is 20.9 Å². The van der Waals surface area contributed by atoms with Gasteiger partial charge < -0.3 is 10.6 Å². The van der Waals surface area contributed by atoms with Gasteiger partial charge in [0.15, 0.2) is 0 Å². The lowest BCUT2D eigenvalue weighted by atomic mass is 10.2. The second kappa shape index (κ2) is 6.44. The molecule has 1 aliphatic rings. The standard InChI is InChI=1S/C10H20N4O2/c1-3-12-10(16)13-9(15)7-14-5-4-11-6-8(14)2/h8,11H,3-7H2,1-2H3,(H2,12,13,15,16). The molecule has 1 unspecified atom stereocenters. The van der Waals surface area contributed by atoms with Crippen LogP contribution in [0.25, 0.3) is 0 Å². The number of rotatable bonds is 3. The van der Waals surface area contributed by atoms with Crippen molar-refractivity contribution in [3.63, 3.8) is 0 Å². The first kappa shape index (κ1) is 12.9. The molecule has 92 valence electrons. The zero-order valence-corrected chi connectivity index (χ0v) is 9.88. The van der Waals surface area contributed by atoms with E-state index in [1.54, 1.807) is 0 Å². The molecule has 0 aromatic rings. The van der Waals surface area contributed by atoms with E-state index in [9.17, 15) is 9.59 Å². The summed E-state index contributed by atoms with van der Waals surface area (Å²) in [7, 11) is 0. The number of hydrogen-bond acceptors (Lipinski definition) is 4. The Hall–Kier alpha value is -1.14. The van der Waals surface area contributed by atoms with Crippen LogP contribution < -0.4 is 16.0 Å². The average molecular weight is 228 g/mol. The van der Waals surface area contributed by atoms with Gasteiger partial charge in [-0.15, -0.1) is 0 Å². The number of hydrogen-bond donors (Lipinski definition) is 3. The Bertz CT molecular complexity index is 257. The summed E-state index contributed by atoms with van der Waals surface area (Å²) in [5.74, 6) is -0.250. The van der Waals surface area contributed by atoms with Crippen molar-refractivity contribution in [2.24, 2.45) is 0 Å². The van der Waals surface area contributed by atoms with Crippen LogP contribution in [0.1, 0.15) is 13.8 Å². The molecule has 0 aromatic carbocycles. The lowest BCUT2D eigenvalue weighted by molar-refractivity contribution is -0.121. The van der Waals surface area contributed by atoms with Gasteiger partial charge in [0.25, 0.3) is 0 Å².